The molecule has 86 valence electrons. The lowest BCUT2D eigenvalue weighted by Gasteiger charge is -2.08. The molecule has 0 saturated heterocycles. The van der Waals surface area contributed by atoms with E-state index in [1.807, 2.05) is 17.5 Å². The number of thiophene rings is 1. The second-order valence-corrected chi connectivity index (χ2v) is 4.30. The minimum Gasteiger partial charge on any atom is -0.386 e. The Labute approximate surface area is 97.1 Å². The van der Waals surface area contributed by atoms with E-state index in [1.54, 1.807) is 11.3 Å². The largest absolute Gasteiger partial charge is 0.386 e. The highest BCUT2D eigenvalue weighted by Gasteiger charge is 2.07. The average molecular weight is 239 g/mol. The van der Waals surface area contributed by atoms with E-state index >= 15 is 0 Å². The van der Waals surface area contributed by atoms with Gasteiger partial charge >= 0.3 is 0 Å². The maximum atomic E-state index is 9.76. The zero-order chi connectivity index (χ0) is 11.2. The monoisotopic (exact) mass is 239 g/mol. The molecule has 0 spiro atoms. The van der Waals surface area contributed by atoms with Gasteiger partial charge in [0.15, 0.2) is 6.33 Å². The van der Waals surface area contributed by atoms with Crippen molar-refractivity contribution in [3.05, 3.63) is 34.6 Å². The Hall–Kier alpha value is -1.24. The number of aliphatic hydroxyl groups is 1. The van der Waals surface area contributed by atoms with Gasteiger partial charge in [0.05, 0.1) is 0 Å². The Morgan fingerprint density at radius 2 is 2.50 bits per heavy atom. The average Bonchev–Trinajstić information content (AvgIpc) is 2.96. The van der Waals surface area contributed by atoms with Crippen LogP contribution in [0.4, 0.5) is 0 Å². The van der Waals surface area contributed by atoms with Crippen LogP contribution >= 0.6 is 11.3 Å². The summed E-state index contributed by atoms with van der Waals surface area (Å²) in [6, 6.07) is 3.86. The summed E-state index contributed by atoms with van der Waals surface area (Å²) in [4.78, 5) is 4.88. The summed E-state index contributed by atoms with van der Waals surface area (Å²) in [6.45, 7) is 1.25. The molecular formula is C10H13N3O2S. The van der Waals surface area contributed by atoms with Crippen molar-refractivity contribution < 1.29 is 9.63 Å². The maximum absolute atomic E-state index is 9.76. The zero-order valence-corrected chi connectivity index (χ0v) is 9.48. The van der Waals surface area contributed by atoms with Crippen molar-refractivity contribution in [1.82, 2.24) is 15.5 Å². The van der Waals surface area contributed by atoms with Crippen molar-refractivity contribution in [3.63, 3.8) is 0 Å². The highest BCUT2D eigenvalue weighted by atomic mass is 32.1. The van der Waals surface area contributed by atoms with Crippen LogP contribution in [-0.4, -0.2) is 28.3 Å². The molecule has 0 fully saturated rings. The Kier molecular flexibility index (Phi) is 4.03. The molecule has 2 N–H and O–H groups in total. The first-order valence-electron chi connectivity index (χ1n) is 5.04. The van der Waals surface area contributed by atoms with Gasteiger partial charge in [-0.05, 0) is 11.4 Å². The Balaban J connectivity index is 1.65. The van der Waals surface area contributed by atoms with Gasteiger partial charge in [0, 0.05) is 24.4 Å². The lowest BCUT2D eigenvalue weighted by molar-refractivity contribution is 0.178. The molecule has 2 rings (SSSR count). The van der Waals surface area contributed by atoms with E-state index in [0.717, 1.165) is 4.88 Å². The van der Waals surface area contributed by atoms with Gasteiger partial charge in [-0.15, -0.1) is 11.3 Å². The van der Waals surface area contributed by atoms with Gasteiger partial charge in [-0.1, -0.05) is 11.2 Å². The van der Waals surface area contributed by atoms with Crippen molar-refractivity contribution in [2.45, 2.75) is 12.5 Å². The Bertz CT molecular complexity index is 388. The van der Waals surface area contributed by atoms with Crippen LogP contribution < -0.4 is 5.32 Å². The fourth-order valence-corrected chi connectivity index (χ4v) is 2.03. The third kappa shape index (κ3) is 3.13. The first-order chi connectivity index (χ1) is 7.86. The first kappa shape index (κ1) is 11.3. The number of aromatic nitrogens is 2. The summed E-state index contributed by atoms with van der Waals surface area (Å²) in [5.41, 5.74) is 0. The smallest absolute Gasteiger partial charge is 0.227 e. The molecule has 6 heteroatoms. The van der Waals surface area contributed by atoms with E-state index in [-0.39, 0.29) is 0 Å². The van der Waals surface area contributed by atoms with Gasteiger partial charge < -0.3 is 14.9 Å². The lowest BCUT2D eigenvalue weighted by Crippen LogP contribution is -2.23. The molecule has 0 aliphatic heterocycles. The fourth-order valence-electron chi connectivity index (χ4n) is 1.32. The van der Waals surface area contributed by atoms with Crippen LogP contribution in [0.3, 0.4) is 0 Å². The fraction of sp³-hybridized carbons (Fsp3) is 0.400. The van der Waals surface area contributed by atoms with E-state index in [0.29, 0.717) is 25.4 Å². The van der Waals surface area contributed by atoms with Gasteiger partial charge in [-0.25, -0.2) is 0 Å². The number of rotatable bonds is 6. The Morgan fingerprint density at radius 1 is 1.56 bits per heavy atom. The van der Waals surface area contributed by atoms with E-state index in [4.69, 9.17) is 4.52 Å². The van der Waals surface area contributed by atoms with Crippen molar-refractivity contribution in [3.8, 4) is 0 Å². The molecule has 1 unspecified atom stereocenters. The SMILES string of the molecule is OC(CNCCc1ncno1)c1cccs1. The molecule has 0 amide bonds. The number of nitrogens with one attached hydrogen (secondary N) is 1. The van der Waals surface area contributed by atoms with E-state index < -0.39 is 6.10 Å². The van der Waals surface area contributed by atoms with Gasteiger partial charge in [-0.2, -0.15) is 4.98 Å². The molecule has 2 aromatic heterocycles. The molecule has 0 aliphatic carbocycles. The first-order valence-corrected chi connectivity index (χ1v) is 5.92. The molecule has 0 bridgehead atoms. The standard InChI is InChI=1S/C10H13N3O2S/c14-8(9-2-1-5-16-9)6-11-4-3-10-12-7-13-15-10/h1-2,5,7-8,11,14H,3-4,6H2. The summed E-state index contributed by atoms with van der Waals surface area (Å²) in [5, 5.41) is 18.4. The molecule has 1 atom stereocenters. The predicted molar refractivity (Wildman–Crippen MR) is 60.2 cm³/mol. The van der Waals surface area contributed by atoms with Gasteiger partial charge in [-0.3, -0.25) is 0 Å². The van der Waals surface area contributed by atoms with Crippen molar-refractivity contribution in [2.75, 3.05) is 13.1 Å². The lowest BCUT2D eigenvalue weighted by atomic mass is 10.3. The molecule has 0 saturated carbocycles. The van der Waals surface area contributed by atoms with Crippen LogP contribution in [0, 0.1) is 0 Å². The molecule has 2 aromatic rings. The highest BCUT2D eigenvalue weighted by molar-refractivity contribution is 7.10. The molecule has 0 aromatic carbocycles. The minimum atomic E-state index is -0.442. The number of hydrogen-bond acceptors (Lipinski definition) is 6. The quantitative estimate of drug-likeness (QED) is 0.736. The minimum absolute atomic E-state index is 0.442. The molecule has 16 heavy (non-hydrogen) atoms. The van der Waals surface area contributed by atoms with Gasteiger partial charge in [0.2, 0.25) is 5.89 Å². The van der Waals surface area contributed by atoms with Crippen LogP contribution in [0.2, 0.25) is 0 Å². The normalized spacial score (nSPS) is 12.8. The summed E-state index contributed by atoms with van der Waals surface area (Å²) >= 11 is 1.56. The third-order valence-electron chi connectivity index (χ3n) is 2.13. The van der Waals surface area contributed by atoms with Crippen LogP contribution in [0.5, 0.6) is 0 Å². The van der Waals surface area contributed by atoms with E-state index in [2.05, 4.69) is 15.5 Å². The molecule has 0 aliphatic rings. The summed E-state index contributed by atoms with van der Waals surface area (Å²) in [7, 11) is 0. The van der Waals surface area contributed by atoms with Crippen LogP contribution in [-0.2, 0) is 6.42 Å². The number of nitrogens with zero attached hydrogens (tertiary/aromatic N) is 2. The topological polar surface area (TPSA) is 71.2 Å². The Morgan fingerprint density at radius 3 is 3.19 bits per heavy atom. The van der Waals surface area contributed by atoms with Crippen molar-refractivity contribution in [1.29, 1.82) is 0 Å². The summed E-state index contributed by atoms with van der Waals surface area (Å²) in [5.74, 6) is 0.609. The van der Waals surface area contributed by atoms with Crippen molar-refractivity contribution >= 4 is 11.3 Å². The molecule has 0 radical (unpaired) electrons. The van der Waals surface area contributed by atoms with Gasteiger partial charge in [0.25, 0.3) is 0 Å². The summed E-state index contributed by atoms with van der Waals surface area (Å²) in [6.07, 6.45) is 1.62. The summed E-state index contributed by atoms with van der Waals surface area (Å²) < 4.78 is 4.85. The highest BCUT2D eigenvalue weighted by Crippen LogP contribution is 2.17. The van der Waals surface area contributed by atoms with Gasteiger partial charge in [0.1, 0.15) is 6.10 Å². The maximum Gasteiger partial charge on any atom is 0.227 e. The zero-order valence-electron chi connectivity index (χ0n) is 8.67. The second kappa shape index (κ2) is 5.74. The molecular weight excluding hydrogens is 226 g/mol. The second-order valence-electron chi connectivity index (χ2n) is 3.32. The van der Waals surface area contributed by atoms with E-state index in [1.165, 1.54) is 6.33 Å². The van der Waals surface area contributed by atoms with Crippen LogP contribution in [0.1, 0.15) is 16.9 Å². The van der Waals surface area contributed by atoms with Crippen LogP contribution in [0.15, 0.2) is 28.4 Å². The number of aliphatic hydroxyl groups excluding tert-OH is 1. The predicted octanol–water partition coefficient (Wildman–Crippen LogP) is 0.997. The van der Waals surface area contributed by atoms with Crippen molar-refractivity contribution in [2.24, 2.45) is 0 Å². The number of hydrogen-bond donors (Lipinski definition) is 2. The third-order valence-corrected chi connectivity index (χ3v) is 3.11. The molecule has 5 nitrogen and oxygen atoms in total. The molecule has 2 heterocycles. The van der Waals surface area contributed by atoms with E-state index in [9.17, 15) is 5.11 Å². The van der Waals surface area contributed by atoms with Crippen LogP contribution in [0.25, 0.3) is 0 Å².